The van der Waals surface area contributed by atoms with Crippen LogP contribution in [0.3, 0.4) is 0 Å². The van der Waals surface area contributed by atoms with Crippen LogP contribution >= 0.6 is 22.9 Å². The van der Waals surface area contributed by atoms with Crippen molar-refractivity contribution >= 4 is 28.9 Å². The van der Waals surface area contributed by atoms with Crippen molar-refractivity contribution < 1.29 is 14.6 Å². The van der Waals surface area contributed by atoms with Crippen LogP contribution in [0.5, 0.6) is 5.75 Å². The van der Waals surface area contributed by atoms with Crippen molar-refractivity contribution in [1.29, 1.82) is 0 Å². The summed E-state index contributed by atoms with van der Waals surface area (Å²) in [7, 11) is 0. The lowest BCUT2D eigenvalue weighted by molar-refractivity contribution is 0.0691. The predicted molar refractivity (Wildman–Crippen MR) is 83.7 cm³/mol. The molecule has 2 aromatic rings. The summed E-state index contributed by atoms with van der Waals surface area (Å²) in [6.07, 6.45) is 0.728. The van der Waals surface area contributed by atoms with E-state index >= 15 is 0 Å². The zero-order chi connectivity index (χ0) is 15.5. The fraction of sp³-hybridized carbons (Fsp3) is 0.333. The Balaban J connectivity index is 1.95. The third-order valence-corrected chi connectivity index (χ3v) is 4.54. The first-order valence-electron chi connectivity index (χ1n) is 6.46. The lowest BCUT2D eigenvalue weighted by Gasteiger charge is -2.21. The van der Waals surface area contributed by atoms with E-state index < -0.39 is 5.97 Å². The zero-order valence-corrected chi connectivity index (χ0v) is 13.4. The first-order valence-corrected chi connectivity index (χ1v) is 7.72. The van der Waals surface area contributed by atoms with Crippen molar-refractivity contribution in [3.8, 4) is 5.75 Å². The predicted octanol–water partition coefficient (Wildman–Crippen LogP) is 4.24. The third-order valence-electron chi connectivity index (χ3n) is 3.09. The molecule has 0 fully saturated rings. The lowest BCUT2D eigenvalue weighted by atomic mass is 9.90. The van der Waals surface area contributed by atoms with Crippen LogP contribution in [0.1, 0.15) is 35.8 Å². The first kappa shape index (κ1) is 15.8. The second-order valence-corrected chi connectivity index (χ2v) is 6.58. The van der Waals surface area contributed by atoms with Crippen LogP contribution in [0.2, 0.25) is 5.02 Å². The summed E-state index contributed by atoms with van der Waals surface area (Å²) in [6.45, 7) is 4.56. The Hall–Kier alpha value is -1.59. The summed E-state index contributed by atoms with van der Waals surface area (Å²) in [5.41, 5.74) is -0.143. The molecular formula is C15H16ClNO3S. The van der Waals surface area contributed by atoms with E-state index in [1.54, 1.807) is 17.5 Å². The van der Waals surface area contributed by atoms with E-state index in [4.69, 9.17) is 21.4 Å². The number of benzene rings is 1. The van der Waals surface area contributed by atoms with Crippen LogP contribution < -0.4 is 4.74 Å². The van der Waals surface area contributed by atoms with E-state index in [1.807, 2.05) is 26.0 Å². The number of rotatable bonds is 6. The van der Waals surface area contributed by atoms with Crippen molar-refractivity contribution in [2.24, 2.45) is 0 Å². The van der Waals surface area contributed by atoms with Gasteiger partial charge < -0.3 is 9.84 Å². The van der Waals surface area contributed by atoms with Crippen molar-refractivity contribution in [2.45, 2.75) is 25.7 Å². The second kappa shape index (κ2) is 6.45. The maximum Gasteiger partial charge on any atom is 0.355 e. The van der Waals surface area contributed by atoms with E-state index in [9.17, 15) is 4.79 Å². The molecule has 1 N–H and O–H groups in total. The Morgan fingerprint density at radius 3 is 2.86 bits per heavy atom. The smallest absolute Gasteiger partial charge is 0.355 e. The van der Waals surface area contributed by atoms with Crippen LogP contribution in [0.15, 0.2) is 29.6 Å². The van der Waals surface area contributed by atoms with Crippen molar-refractivity contribution in [2.75, 3.05) is 6.61 Å². The summed E-state index contributed by atoms with van der Waals surface area (Å²) in [5, 5.41) is 11.9. The molecule has 0 unspecified atom stereocenters. The van der Waals surface area contributed by atoms with Crippen LogP contribution in [-0.2, 0) is 5.41 Å². The first-order chi connectivity index (χ1) is 9.88. The van der Waals surface area contributed by atoms with E-state index in [0.29, 0.717) is 11.6 Å². The number of aromatic nitrogens is 1. The second-order valence-electron chi connectivity index (χ2n) is 5.28. The van der Waals surface area contributed by atoms with Gasteiger partial charge in [0, 0.05) is 15.8 Å². The number of nitrogens with zero attached hydrogens (tertiary/aromatic N) is 1. The van der Waals surface area contributed by atoms with E-state index in [-0.39, 0.29) is 11.1 Å². The van der Waals surface area contributed by atoms with E-state index in [2.05, 4.69) is 4.98 Å². The van der Waals surface area contributed by atoms with Crippen molar-refractivity contribution in [3.63, 3.8) is 0 Å². The maximum atomic E-state index is 10.9. The minimum Gasteiger partial charge on any atom is -0.494 e. The normalized spacial score (nSPS) is 11.4. The monoisotopic (exact) mass is 325 g/mol. The van der Waals surface area contributed by atoms with Gasteiger partial charge in [0.05, 0.1) is 11.6 Å². The number of halogens is 1. The maximum absolute atomic E-state index is 10.9. The van der Waals surface area contributed by atoms with Gasteiger partial charge in [0.1, 0.15) is 5.75 Å². The SMILES string of the molecule is CC(C)(CCOc1cccc(Cl)c1)c1nc(C(=O)O)cs1. The number of hydrogen-bond acceptors (Lipinski definition) is 4. The Morgan fingerprint density at radius 1 is 1.48 bits per heavy atom. The molecule has 6 heteroatoms. The van der Waals surface area contributed by atoms with E-state index in [1.165, 1.54) is 11.3 Å². The quantitative estimate of drug-likeness (QED) is 0.863. The molecule has 1 aromatic carbocycles. The Kier molecular flexibility index (Phi) is 4.85. The van der Waals surface area contributed by atoms with Gasteiger partial charge in [-0.25, -0.2) is 9.78 Å². The summed E-state index contributed by atoms with van der Waals surface area (Å²) in [5.74, 6) is -0.271. The number of carboxylic acids is 1. The van der Waals surface area contributed by atoms with Gasteiger partial charge in [0.2, 0.25) is 0 Å². The third kappa shape index (κ3) is 4.19. The summed E-state index contributed by atoms with van der Waals surface area (Å²) in [6, 6.07) is 7.25. The fourth-order valence-corrected chi connectivity index (χ4v) is 2.90. The van der Waals surface area contributed by atoms with Gasteiger partial charge in [-0.2, -0.15) is 0 Å². The summed E-state index contributed by atoms with van der Waals surface area (Å²) in [4.78, 5) is 15.0. The van der Waals surface area contributed by atoms with Gasteiger partial charge in [-0.15, -0.1) is 11.3 Å². The average molecular weight is 326 g/mol. The lowest BCUT2D eigenvalue weighted by Crippen LogP contribution is -2.20. The Labute approximate surface area is 132 Å². The highest BCUT2D eigenvalue weighted by molar-refractivity contribution is 7.10. The summed E-state index contributed by atoms with van der Waals surface area (Å²) >= 11 is 7.26. The zero-order valence-electron chi connectivity index (χ0n) is 11.8. The van der Waals surface area contributed by atoms with Crippen LogP contribution in [0.4, 0.5) is 0 Å². The largest absolute Gasteiger partial charge is 0.494 e. The number of thiazole rings is 1. The van der Waals surface area contributed by atoms with Gasteiger partial charge in [-0.05, 0) is 24.6 Å². The molecule has 2 rings (SSSR count). The molecule has 21 heavy (non-hydrogen) atoms. The number of carboxylic acid groups (broad SMARTS) is 1. The Morgan fingerprint density at radius 2 is 2.24 bits per heavy atom. The molecule has 0 atom stereocenters. The van der Waals surface area contributed by atoms with Gasteiger partial charge in [-0.1, -0.05) is 31.5 Å². The van der Waals surface area contributed by atoms with Gasteiger partial charge in [0.15, 0.2) is 5.69 Å². The molecule has 112 valence electrons. The molecule has 1 heterocycles. The number of aromatic carboxylic acids is 1. The highest BCUT2D eigenvalue weighted by Crippen LogP contribution is 2.30. The van der Waals surface area contributed by atoms with E-state index in [0.717, 1.165) is 17.2 Å². The molecule has 0 aliphatic carbocycles. The van der Waals surface area contributed by atoms with Gasteiger partial charge in [0.25, 0.3) is 0 Å². The topological polar surface area (TPSA) is 59.4 Å². The molecule has 0 bridgehead atoms. The summed E-state index contributed by atoms with van der Waals surface area (Å²) < 4.78 is 5.67. The van der Waals surface area contributed by atoms with Crippen LogP contribution in [0.25, 0.3) is 0 Å². The molecule has 0 amide bonds. The molecule has 4 nitrogen and oxygen atoms in total. The molecule has 0 spiro atoms. The van der Waals surface area contributed by atoms with Crippen LogP contribution in [0, 0.1) is 0 Å². The van der Waals surface area contributed by atoms with Gasteiger partial charge in [-0.3, -0.25) is 0 Å². The molecule has 1 aromatic heterocycles. The van der Waals surface area contributed by atoms with Crippen molar-refractivity contribution in [1.82, 2.24) is 4.98 Å². The van der Waals surface area contributed by atoms with Gasteiger partial charge >= 0.3 is 5.97 Å². The number of carbonyl (C=O) groups is 1. The number of ether oxygens (including phenoxy) is 1. The molecule has 0 aliphatic rings. The molecule has 0 saturated heterocycles. The average Bonchev–Trinajstić information content (AvgIpc) is 2.89. The Bertz CT molecular complexity index is 639. The standard InChI is InChI=1S/C15H16ClNO3S/c1-15(2,14-17-12(9-21-14)13(18)19)6-7-20-11-5-3-4-10(16)8-11/h3-5,8-9H,6-7H2,1-2H3,(H,18,19). The minimum absolute atomic E-state index is 0.0961. The number of hydrogen-bond donors (Lipinski definition) is 1. The highest BCUT2D eigenvalue weighted by Gasteiger charge is 2.25. The molecule has 0 aliphatic heterocycles. The fourth-order valence-electron chi connectivity index (χ4n) is 1.77. The van der Waals surface area contributed by atoms with Crippen LogP contribution in [-0.4, -0.2) is 22.7 Å². The molecular weight excluding hydrogens is 310 g/mol. The minimum atomic E-state index is -0.997. The van der Waals surface area contributed by atoms with Crippen molar-refractivity contribution in [3.05, 3.63) is 45.4 Å². The molecule has 0 saturated carbocycles. The molecule has 0 radical (unpaired) electrons. The highest BCUT2D eigenvalue weighted by atomic mass is 35.5.